The maximum atomic E-state index is 12.7. The van der Waals surface area contributed by atoms with Crippen LogP contribution in [0.3, 0.4) is 0 Å². The molecule has 3 amide bonds. The molecule has 24 heavy (non-hydrogen) atoms. The predicted octanol–water partition coefficient (Wildman–Crippen LogP) is 2.14. The lowest BCUT2D eigenvalue weighted by Crippen LogP contribution is -2.29. The number of nitrogens with one attached hydrogen (secondary N) is 1. The Morgan fingerprint density at radius 3 is 2.42 bits per heavy atom. The van der Waals surface area contributed by atoms with Gasteiger partial charge in [0, 0.05) is 6.92 Å². The van der Waals surface area contributed by atoms with Gasteiger partial charge in [-0.1, -0.05) is 12.1 Å². The number of hydrogen-bond acceptors (Lipinski definition) is 4. The quantitative estimate of drug-likeness (QED) is 0.842. The molecule has 7 nitrogen and oxygen atoms in total. The van der Waals surface area contributed by atoms with E-state index in [0.29, 0.717) is 0 Å². The lowest BCUT2D eigenvalue weighted by molar-refractivity contribution is -0.114. The first-order chi connectivity index (χ1) is 11.4. The van der Waals surface area contributed by atoms with Gasteiger partial charge in [0.1, 0.15) is 0 Å². The minimum absolute atomic E-state index is 0.0360. The molecule has 0 radical (unpaired) electrons. The Bertz CT molecular complexity index is 904. The third-order valence-electron chi connectivity index (χ3n) is 3.58. The number of carboxylic acids is 1. The molecule has 0 aliphatic carbocycles. The second-order valence-corrected chi connectivity index (χ2v) is 5.21. The second kappa shape index (κ2) is 5.62. The normalized spacial score (nSPS) is 13.0. The van der Waals surface area contributed by atoms with Crippen molar-refractivity contribution >= 4 is 35.1 Å². The Balaban J connectivity index is 2.09. The van der Waals surface area contributed by atoms with Crippen LogP contribution in [0.2, 0.25) is 0 Å². The van der Waals surface area contributed by atoms with Crippen molar-refractivity contribution in [3.05, 3.63) is 59.2 Å². The van der Waals surface area contributed by atoms with Gasteiger partial charge in [0.25, 0.3) is 11.8 Å². The largest absolute Gasteiger partial charge is 0.478 e. The first kappa shape index (κ1) is 15.4. The molecule has 0 saturated heterocycles. The molecule has 0 saturated carbocycles. The molecule has 1 heterocycles. The van der Waals surface area contributed by atoms with Gasteiger partial charge in [-0.25, -0.2) is 9.69 Å². The van der Waals surface area contributed by atoms with E-state index < -0.39 is 17.8 Å². The molecule has 1 aliphatic rings. The number of aromatic carboxylic acids is 1. The molecule has 0 fully saturated rings. The third-order valence-corrected chi connectivity index (χ3v) is 3.58. The van der Waals surface area contributed by atoms with Crippen LogP contribution in [0.4, 0.5) is 11.4 Å². The van der Waals surface area contributed by atoms with Gasteiger partial charge in [-0.3, -0.25) is 14.4 Å². The molecule has 0 aromatic heterocycles. The fraction of sp³-hybridized carbons (Fsp3) is 0.0588. The lowest BCUT2D eigenvalue weighted by Gasteiger charge is -2.14. The average molecular weight is 324 g/mol. The van der Waals surface area contributed by atoms with E-state index in [2.05, 4.69) is 5.32 Å². The number of imide groups is 1. The second-order valence-electron chi connectivity index (χ2n) is 5.21. The molecule has 0 atom stereocenters. The molecule has 3 rings (SSSR count). The van der Waals surface area contributed by atoms with E-state index in [9.17, 15) is 19.2 Å². The van der Waals surface area contributed by atoms with Crippen LogP contribution in [0.5, 0.6) is 0 Å². The van der Waals surface area contributed by atoms with Crippen LogP contribution in [0.15, 0.2) is 42.5 Å². The molecule has 120 valence electrons. The van der Waals surface area contributed by atoms with E-state index in [4.69, 9.17) is 5.11 Å². The highest BCUT2D eigenvalue weighted by molar-refractivity contribution is 6.36. The van der Waals surface area contributed by atoms with Crippen LogP contribution in [0.25, 0.3) is 0 Å². The van der Waals surface area contributed by atoms with E-state index >= 15 is 0 Å². The molecule has 7 heteroatoms. The number of rotatable bonds is 3. The lowest BCUT2D eigenvalue weighted by atomic mass is 10.1. The van der Waals surface area contributed by atoms with Crippen molar-refractivity contribution in [2.24, 2.45) is 0 Å². The zero-order valence-corrected chi connectivity index (χ0v) is 12.6. The van der Waals surface area contributed by atoms with Crippen molar-refractivity contribution in [1.82, 2.24) is 0 Å². The number of fused-ring (bicyclic) bond motifs is 1. The van der Waals surface area contributed by atoms with Crippen molar-refractivity contribution in [1.29, 1.82) is 0 Å². The number of anilines is 2. The zero-order chi connectivity index (χ0) is 17.4. The zero-order valence-electron chi connectivity index (χ0n) is 12.6. The summed E-state index contributed by atoms with van der Waals surface area (Å²) in [5.74, 6) is -2.70. The SMILES string of the molecule is CC(=O)Nc1cccc2c1C(=O)N(c1cccc(C(=O)O)c1)C2=O. The average Bonchev–Trinajstić information content (AvgIpc) is 2.79. The first-order valence-corrected chi connectivity index (χ1v) is 7.03. The van der Waals surface area contributed by atoms with Gasteiger partial charge in [0.2, 0.25) is 5.91 Å². The first-order valence-electron chi connectivity index (χ1n) is 7.03. The van der Waals surface area contributed by atoms with E-state index in [1.54, 1.807) is 6.07 Å². The molecular formula is C17H12N2O5. The van der Waals surface area contributed by atoms with E-state index in [1.807, 2.05) is 0 Å². The van der Waals surface area contributed by atoms with E-state index in [1.165, 1.54) is 43.3 Å². The minimum Gasteiger partial charge on any atom is -0.478 e. The highest BCUT2D eigenvalue weighted by Gasteiger charge is 2.38. The molecule has 2 aromatic carbocycles. The van der Waals surface area contributed by atoms with Crippen LogP contribution in [0.1, 0.15) is 38.0 Å². The number of benzene rings is 2. The summed E-state index contributed by atoms with van der Waals surface area (Å²) < 4.78 is 0. The van der Waals surface area contributed by atoms with Crippen LogP contribution in [-0.4, -0.2) is 28.8 Å². The summed E-state index contributed by atoms with van der Waals surface area (Å²) in [5.41, 5.74) is 0.627. The maximum absolute atomic E-state index is 12.7. The van der Waals surface area contributed by atoms with Gasteiger partial charge in [0.15, 0.2) is 0 Å². The van der Waals surface area contributed by atoms with Crippen LogP contribution >= 0.6 is 0 Å². The molecule has 0 unspecified atom stereocenters. The number of nitrogens with zero attached hydrogens (tertiary/aromatic N) is 1. The topological polar surface area (TPSA) is 104 Å². The fourth-order valence-electron chi connectivity index (χ4n) is 2.59. The van der Waals surface area contributed by atoms with Crippen LogP contribution < -0.4 is 10.2 Å². The van der Waals surface area contributed by atoms with Gasteiger partial charge in [-0.2, -0.15) is 0 Å². The Labute approximate surface area is 136 Å². The third kappa shape index (κ3) is 2.41. The summed E-state index contributed by atoms with van der Waals surface area (Å²) in [5, 5.41) is 11.6. The predicted molar refractivity (Wildman–Crippen MR) is 85.3 cm³/mol. The Morgan fingerprint density at radius 1 is 1.04 bits per heavy atom. The molecule has 0 bridgehead atoms. The van der Waals surface area contributed by atoms with Gasteiger partial charge >= 0.3 is 5.97 Å². The van der Waals surface area contributed by atoms with E-state index in [-0.39, 0.29) is 34.0 Å². The van der Waals surface area contributed by atoms with Crippen molar-refractivity contribution in [3.63, 3.8) is 0 Å². The van der Waals surface area contributed by atoms with Crippen LogP contribution in [-0.2, 0) is 4.79 Å². The minimum atomic E-state index is -1.16. The number of carboxylic acid groups (broad SMARTS) is 1. The van der Waals surface area contributed by atoms with Gasteiger partial charge in [-0.05, 0) is 30.3 Å². The highest BCUT2D eigenvalue weighted by Crippen LogP contribution is 2.33. The molecule has 1 aliphatic heterocycles. The Morgan fingerprint density at radius 2 is 1.75 bits per heavy atom. The summed E-state index contributed by atoms with van der Waals surface area (Å²) in [6.07, 6.45) is 0. The summed E-state index contributed by atoms with van der Waals surface area (Å²) in [4.78, 5) is 48.5. The summed E-state index contributed by atoms with van der Waals surface area (Å²) >= 11 is 0. The van der Waals surface area contributed by atoms with Gasteiger partial charge < -0.3 is 10.4 Å². The van der Waals surface area contributed by atoms with Gasteiger partial charge in [-0.15, -0.1) is 0 Å². The van der Waals surface area contributed by atoms with E-state index in [0.717, 1.165) is 4.90 Å². The summed E-state index contributed by atoms with van der Waals surface area (Å²) in [6.45, 7) is 1.30. The van der Waals surface area contributed by atoms with Crippen molar-refractivity contribution in [2.75, 3.05) is 10.2 Å². The summed E-state index contributed by atoms with van der Waals surface area (Å²) in [7, 11) is 0. The monoisotopic (exact) mass is 324 g/mol. The number of amides is 3. The van der Waals surface area contributed by atoms with Crippen LogP contribution in [0, 0.1) is 0 Å². The maximum Gasteiger partial charge on any atom is 0.335 e. The number of carbonyl (C=O) groups excluding carboxylic acids is 3. The molecule has 0 spiro atoms. The molecular weight excluding hydrogens is 312 g/mol. The number of carbonyl (C=O) groups is 4. The standard InChI is InChI=1S/C17H12N2O5/c1-9(20)18-13-7-3-6-12-14(13)16(22)19(15(12)21)11-5-2-4-10(8-11)17(23)24/h2-8H,1H3,(H,18,20)(H,23,24). The summed E-state index contributed by atoms with van der Waals surface area (Å²) in [6, 6.07) is 10.1. The van der Waals surface area contributed by atoms with Crippen molar-refractivity contribution in [2.45, 2.75) is 6.92 Å². The van der Waals surface area contributed by atoms with Crippen molar-refractivity contribution in [3.8, 4) is 0 Å². The van der Waals surface area contributed by atoms with Gasteiger partial charge in [0.05, 0.1) is 28.1 Å². The Kier molecular flexibility index (Phi) is 3.61. The van der Waals surface area contributed by atoms with Crippen molar-refractivity contribution < 1.29 is 24.3 Å². The smallest absolute Gasteiger partial charge is 0.335 e. The number of hydrogen-bond donors (Lipinski definition) is 2. The molecule has 2 aromatic rings. The highest BCUT2D eigenvalue weighted by atomic mass is 16.4. The molecule has 2 N–H and O–H groups in total. The Hall–Kier alpha value is -3.48. The fourth-order valence-corrected chi connectivity index (χ4v) is 2.59.